The van der Waals surface area contributed by atoms with Gasteiger partial charge in [-0.25, -0.2) is 4.68 Å². The summed E-state index contributed by atoms with van der Waals surface area (Å²) in [5.41, 5.74) is 2.65. The third kappa shape index (κ3) is 5.54. The van der Waals surface area contributed by atoms with E-state index in [9.17, 15) is 9.59 Å². The number of carbonyl (C=O) groups is 1. The minimum Gasteiger partial charge on any atom is -0.379 e. The number of nitrogens with zero attached hydrogens (tertiary/aromatic N) is 3. The molecule has 3 aromatic rings. The number of carbonyl (C=O) groups excluding carboxylic acids is 1. The first-order chi connectivity index (χ1) is 14.8. The zero-order valence-corrected chi connectivity index (χ0v) is 19.2. The lowest BCUT2D eigenvalue weighted by Gasteiger charge is -2.09. The first-order valence-electron chi connectivity index (χ1n) is 10.5. The minimum absolute atomic E-state index is 0.110. The van der Waals surface area contributed by atoms with Crippen molar-refractivity contribution in [3.8, 4) is 0 Å². The third-order valence-electron chi connectivity index (χ3n) is 5.25. The lowest BCUT2D eigenvalue weighted by atomic mass is 10.2. The fourth-order valence-corrected chi connectivity index (χ4v) is 3.70. The number of rotatable bonds is 9. The van der Waals surface area contributed by atoms with E-state index in [2.05, 4.69) is 15.0 Å². The highest BCUT2D eigenvalue weighted by Gasteiger charge is 2.17. The molecule has 0 radical (unpaired) electrons. The van der Waals surface area contributed by atoms with Gasteiger partial charge in [0.15, 0.2) is 0 Å². The lowest BCUT2D eigenvalue weighted by molar-refractivity contribution is -0.121. The molecule has 2 heterocycles. The van der Waals surface area contributed by atoms with Gasteiger partial charge in [-0.2, -0.15) is 5.10 Å². The molecule has 0 aliphatic rings. The van der Waals surface area contributed by atoms with Crippen molar-refractivity contribution in [3.05, 3.63) is 62.8 Å². The molecule has 1 N–H and O–H groups in total. The summed E-state index contributed by atoms with van der Waals surface area (Å²) in [6, 6.07) is 7.65. The zero-order valence-electron chi connectivity index (χ0n) is 18.4. The fourth-order valence-electron chi connectivity index (χ4n) is 3.58. The summed E-state index contributed by atoms with van der Waals surface area (Å²) in [7, 11) is 0. The third-order valence-corrected chi connectivity index (χ3v) is 5.50. The highest BCUT2D eigenvalue weighted by atomic mass is 35.5. The number of hydrogen-bond acceptors (Lipinski definition) is 4. The highest BCUT2D eigenvalue weighted by molar-refractivity contribution is 6.30. The predicted octanol–water partition coefficient (Wildman–Crippen LogP) is 3.45. The lowest BCUT2D eigenvalue weighted by Crippen LogP contribution is -2.34. The monoisotopic (exact) mass is 444 g/mol. The standard InChI is InChI=1S/C23H29ClN4O3/c1-15(2)31-11-5-10-25-21(29)14-28-23(30)22-17(4)27(16(3)20(22)12-26-28)13-18-6-8-19(24)9-7-18/h6-9,12,15H,5,10-11,13-14H2,1-4H3,(H,25,29). The van der Waals surface area contributed by atoms with E-state index in [4.69, 9.17) is 16.3 Å². The summed E-state index contributed by atoms with van der Waals surface area (Å²) in [6.07, 6.45) is 2.56. The molecule has 2 aromatic heterocycles. The molecule has 0 aliphatic heterocycles. The van der Waals surface area contributed by atoms with Gasteiger partial charge >= 0.3 is 0 Å². The van der Waals surface area contributed by atoms with E-state index in [1.54, 1.807) is 6.20 Å². The quantitative estimate of drug-likeness (QED) is 0.513. The van der Waals surface area contributed by atoms with Gasteiger partial charge in [-0.15, -0.1) is 0 Å². The van der Waals surface area contributed by atoms with Crippen molar-refractivity contribution in [3.63, 3.8) is 0 Å². The second-order valence-corrected chi connectivity index (χ2v) is 8.34. The van der Waals surface area contributed by atoms with Crippen molar-refractivity contribution in [2.24, 2.45) is 0 Å². The molecule has 1 amide bonds. The molecule has 7 nitrogen and oxygen atoms in total. The van der Waals surface area contributed by atoms with Crippen molar-refractivity contribution in [1.29, 1.82) is 0 Å². The average Bonchev–Trinajstić information content (AvgIpc) is 2.96. The zero-order chi connectivity index (χ0) is 22.5. The van der Waals surface area contributed by atoms with Gasteiger partial charge < -0.3 is 14.6 Å². The van der Waals surface area contributed by atoms with Crippen molar-refractivity contribution < 1.29 is 9.53 Å². The van der Waals surface area contributed by atoms with E-state index in [1.165, 1.54) is 4.68 Å². The highest BCUT2D eigenvalue weighted by Crippen LogP contribution is 2.23. The van der Waals surface area contributed by atoms with Gasteiger partial charge in [-0.1, -0.05) is 23.7 Å². The van der Waals surface area contributed by atoms with Crippen LogP contribution < -0.4 is 10.9 Å². The Morgan fingerprint density at radius 3 is 2.58 bits per heavy atom. The van der Waals surface area contributed by atoms with Crippen LogP contribution >= 0.6 is 11.6 Å². The van der Waals surface area contributed by atoms with Gasteiger partial charge in [0, 0.05) is 41.5 Å². The largest absolute Gasteiger partial charge is 0.379 e. The molecular formula is C23H29ClN4O3. The maximum atomic E-state index is 13.1. The first-order valence-corrected chi connectivity index (χ1v) is 10.8. The van der Waals surface area contributed by atoms with Crippen LogP contribution in [0.3, 0.4) is 0 Å². The smallest absolute Gasteiger partial charge is 0.276 e. The van der Waals surface area contributed by atoms with Gasteiger partial charge in [0.2, 0.25) is 5.91 Å². The molecule has 0 unspecified atom stereocenters. The number of aryl methyl sites for hydroxylation is 2. The second kappa shape index (κ2) is 10.1. The molecule has 0 saturated heterocycles. The molecule has 3 rings (SSSR count). The Morgan fingerprint density at radius 1 is 1.19 bits per heavy atom. The van der Waals surface area contributed by atoms with E-state index < -0.39 is 0 Å². The van der Waals surface area contributed by atoms with Crippen LogP contribution in [-0.2, 0) is 22.6 Å². The second-order valence-electron chi connectivity index (χ2n) is 7.90. The number of ether oxygens (including phenoxy) is 1. The maximum absolute atomic E-state index is 13.1. The van der Waals surface area contributed by atoms with Crippen LogP contribution in [0.4, 0.5) is 0 Å². The van der Waals surface area contributed by atoms with Crippen molar-refractivity contribution in [2.75, 3.05) is 13.2 Å². The van der Waals surface area contributed by atoms with Gasteiger partial charge in [0.05, 0.1) is 17.7 Å². The molecule has 1 aromatic carbocycles. The Balaban J connectivity index is 1.75. The normalized spacial score (nSPS) is 11.4. The van der Waals surface area contributed by atoms with E-state index in [0.29, 0.717) is 30.1 Å². The molecule has 0 bridgehead atoms. The number of amides is 1. The minimum atomic E-state index is -0.258. The average molecular weight is 445 g/mol. The summed E-state index contributed by atoms with van der Waals surface area (Å²) in [5, 5.41) is 9.14. The summed E-state index contributed by atoms with van der Waals surface area (Å²) in [4.78, 5) is 25.3. The molecule has 0 saturated carbocycles. The molecule has 0 spiro atoms. The van der Waals surface area contributed by atoms with Crippen LogP contribution in [0.15, 0.2) is 35.3 Å². The predicted molar refractivity (Wildman–Crippen MR) is 123 cm³/mol. The maximum Gasteiger partial charge on any atom is 0.276 e. The summed E-state index contributed by atoms with van der Waals surface area (Å²) in [6.45, 7) is 9.44. The van der Waals surface area contributed by atoms with E-state index in [1.807, 2.05) is 52.0 Å². The number of halogens is 1. The van der Waals surface area contributed by atoms with Gasteiger partial charge in [0.25, 0.3) is 5.56 Å². The topological polar surface area (TPSA) is 78.2 Å². The van der Waals surface area contributed by atoms with E-state index in [0.717, 1.165) is 28.8 Å². The van der Waals surface area contributed by atoms with E-state index >= 15 is 0 Å². The Morgan fingerprint density at radius 2 is 1.90 bits per heavy atom. The Hall–Kier alpha value is -2.64. The Kier molecular flexibility index (Phi) is 7.51. The molecule has 31 heavy (non-hydrogen) atoms. The van der Waals surface area contributed by atoms with Crippen LogP contribution in [0.25, 0.3) is 10.8 Å². The van der Waals surface area contributed by atoms with Crippen LogP contribution in [0, 0.1) is 13.8 Å². The van der Waals surface area contributed by atoms with Crippen LogP contribution in [0.1, 0.15) is 37.2 Å². The number of nitrogens with one attached hydrogen (secondary N) is 1. The van der Waals surface area contributed by atoms with Crippen LogP contribution in [0.2, 0.25) is 5.02 Å². The van der Waals surface area contributed by atoms with Crippen LogP contribution in [0.5, 0.6) is 0 Å². The molecule has 166 valence electrons. The Bertz CT molecular complexity index is 1120. The summed E-state index contributed by atoms with van der Waals surface area (Å²) >= 11 is 5.98. The number of hydrogen-bond donors (Lipinski definition) is 1. The summed E-state index contributed by atoms with van der Waals surface area (Å²) < 4.78 is 8.77. The van der Waals surface area contributed by atoms with Crippen molar-refractivity contribution in [1.82, 2.24) is 19.7 Å². The SMILES string of the molecule is Cc1c2cnn(CC(=O)NCCCOC(C)C)c(=O)c2c(C)n1Cc1ccc(Cl)cc1. The number of fused-ring (bicyclic) bond motifs is 1. The van der Waals surface area contributed by atoms with Crippen LogP contribution in [-0.4, -0.2) is 39.5 Å². The van der Waals surface area contributed by atoms with Crippen molar-refractivity contribution in [2.45, 2.75) is 53.3 Å². The van der Waals surface area contributed by atoms with Gasteiger partial charge in [-0.05, 0) is 51.8 Å². The van der Waals surface area contributed by atoms with E-state index in [-0.39, 0.29) is 24.1 Å². The molecular weight excluding hydrogens is 416 g/mol. The Labute approximate surface area is 187 Å². The molecule has 8 heteroatoms. The number of benzene rings is 1. The first kappa shape index (κ1) is 23.0. The van der Waals surface area contributed by atoms with Crippen molar-refractivity contribution >= 4 is 28.3 Å². The summed E-state index contributed by atoms with van der Waals surface area (Å²) in [5.74, 6) is -0.242. The molecule has 0 atom stereocenters. The number of aromatic nitrogens is 3. The van der Waals surface area contributed by atoms with Gasteiger partial charge in [0.1, 0.15) is 6.54 Å². The molecule has 0 aliphatic carbocycles. The fraction of sp³-hybridized carbons (Fsp3) is 0.435. The van der Waals surface area contributed by atoms with Gasteiger partial charge in [-0.3, -0.25) is 9.59 Å². The molecule has 0 fully saturated rings.